The van der Waals surface area contributed by atoms with Gasteiger partial charge in [-0.05, 0) is 30.4 Å². The van der Waals surface area contributed by atoms with Crippen molar-refractivity contribution in [1.29, 1.82) is 0 Å². The summed E-state index contributed by atoms with van der Waals surface area (Å²) >= 11 is 24.1. The van der Waals surface area contributed by atoms with Crippen molar-refractivity contribution in [2.45, 2.75) is 24.6 Å². The second-order valence-corrected chi connectivity index (χ2v) is 4.97. The van der Waals surface area contributed by atoms with Gasteiger partial charge in [-0.1, -0.05) is 40.9 Å². The van der Waals surface area contributed by atoms with Crippen LogP contribution < -0.4 is 0 Å². The van der Waals surface area contributed by atoms with E-state index in [4.69, 9.17) is 46.4 Å². The van der Waals surface area contributed by atoms with E-state index < -0.39 is 0 Å². The summed E-state index contributed by atoms with van der Waals surface area (Å²) in [5, 5.41) is 1.00. The zero-order valence-electron chi connectivity index (χ0n) is 7.29. The topological polar surface area (TPSA) is 0 Å². The first-order chi connectivity index (χ1) is 6.63. The van der Waals surface area contributed by atoms with Crippen LogP contribution in [0.2, 0.25) is 0 Å². The highest BCUT2D eigenvalue weighted by atomic mass is 35.5. The lowest BCUT2D eigenvalue weighted by Crippen LogP contribution is -2.01. The predicted octanol–water partition coefficient (Wildman–Crippen LogP) is 4.90. The molecule has 0 saturated heterocycles. The fourth-order valence-corrected chi connectivity index (χ4v) is 3.06. The second-order valence-electron chi connectivity index (χ2n) is 3.37. The average Bonchev–Trinajstić information content (AvgIpc) is 2.73. The first-order valence-electron chi connectivity index (χ1n) is 4.41. The lowest BCUT2D eigenvalue weighted by molar-refractivity contribution is 0.906. The molecule has 1 atom stereocenters. The fourth-order valence-electron chi connectivity index (χ4n) is 1.79. The SMILES string of the molecule is ClC1=C(Cl)C(Cl)C(C2=CCCC2)=C1Cl. The Morgan fingerprint density at radius 3 is 2.29 bits per heavy atom. The number of allylic oxidation sites excluding steroid dienone is 6. The number of hydrogen-bond donors (Lipinski definition) is 0. The van der Waals surface area contributed by atoms with E-state index in [1.54, 1.807) is 0 Å². The monoisotopic (exact) mass is 268 g/mol. The Morgan fingerprint density at radius 2 is 1.86 bits per heavy atom. The zero-order chi connectivity index (χ0) is 10.3. The minimum Gasteiger partial charge on any atom is -0.111 e. The van der Waals surface area contributed by atoms with Crippen LogP contribution in [0.3, 0.4) is 0 Å². The Morgan fingerprint density at radius 1 is 1.14 bits per heavy atom. The smallest absolute Gasteiger partial charge is 0.0974 e. The highest BCUT2D eigenvalue weighted by molar-refractivity contribution is 6.52. The molecule has 2 aliphatic rings. The van der Waals surface area contributed by atoms with E-state index in [1.807, 2.05) is 0 Å². The summed E-state index contributed by atoms with van der Waals surface area (Å²) in [5.74, 6) is 0. The summed E-state index contributed by atoms with van der Waals surface area (Å²) in [6.07, 6.45) is 5.42. The van der Waals surface area contributed by atoms with E-state index in [9.17, 15) is 0 Å². The van der Waals surface area contributed by atoms with Crippen LogP contribution in [0, 0.1) is 0 Å². The van der Waals surface area contributed by atoms with Crippen molar-refractivity contribution in [3.8, 4) is 0 Å². The molecular formula is C10H8Cl4. The Kier molecular flexibility index (Phi) is 3.18. The first kappa shape index (κ1) is 10.9. The molecule has 0 aliphatic heterocycles. The Hall–Kier alpha value is 0.380. The molecule has 0 amide bonds. The molecule has 1 unspecified atom stereocenters. The molecule has 76 valence electrons. The maximum Gasteiger partial charge on any atom is 0.0974 e. The van der Waals surface area contributed by atoms with Crippen molar-refractivity contribution < 1.29 is 0 Å². The Labute approximate surface area is 103 Å². The molecule has 0 heterocycles. The summed E-state index contributed by atoms with van der Waals surface area (Å²) in [7, 11) is 0. The van der Waals surface area contributed by atoms with E-state index in [-0.39, 0.29) is 5.38 Å². The number of rotatable bonds is 1. The number of halogens is 4. The van der Waals surface area contributed by atoms with E-state index in [1.165, 1.54) is 5.57 Å². The maximum atomic E-state index is 6.14. The van der Waals surface area contributed by atoms with Crippen molar-refractivity contribution in [2.75, 3.05) is 0 Å². The third-order valence-electron chi connectivity index (χ3n) is 2.50. The normalized spacial score (nSPS) is 27.7. The summed E-state index contributed by atoms with van der Waals surface area (Å²) in [6.45, 7) is 0. The molecule has 0 spiro atoms. The van der Waals surface area contributed by atoms with Crippen LogP contribution in [-0.4, -0.2) is 5.38 Å². The Bertz CT molecular complexity index is 362. The van der Waals surface area contributed by atoms with Crippen LogP contribution in [-0.2, 0) is 0 Å². The van der Waals surface area contributed by atoms with Crippen molar-refractivity contribution in [1.82, 2.24) is 0 Å². The minimum absolute atomic E-state index is 0.360. The molecule has 4 heteroatoms. The number of alkyl halides is 1. The molecule has 0 aromatic carbocycles. The van der Waals surface area contributed by atoms with Gasteiger partial charge in [-0.25, -0.2) is 0 Å². The van der Waals surface area contributed by atoms with Crippen molar-refractivity contribution in [2.24, 2.45) is 0 Å². The van der Waals surface area contributed by atoms with E-state index in [2.05, 4.69) is 6.08 Å². The Balaban J connectivity index is 2.39. The van der Waals surface area contributed by atoms with Gasteiger partial charge < -0.3 is 0 Å². The first-order valence-corrected chi connectivity index (χ1v) is 5.98. The van der Waals surface area contributed by atoms with Crippen molar-refractivity contribution >= 4 is 46.4 Å². The molecule has 2 aliphatic carbocycles. The molecule has 0 aromatic heterocycles. The molecule has 2 rings (SSSR count). The van der Waals surface area contributed by atoms with Gasteiger partial charge in [-0.2, -0.15) is 0 Å². The third-order valence-corrected chi connectivity index (χ3v) is 4.44. The summed E-state index contributed by atoms with van der Waals surface area (Å²) in [6, 6.07) is 0. The van der Waals surface area contributed by atoms with Gasteiger partial charge in [-0.3, -0.25) is 0 Å². The van der Waals surface area contributed by atoms with Crippen LogP contribution in [0.4, 0.5) is 0 Å². The minimum atomic E-state index is -0.360. The summed E-state index contributed by atoms with van der Waals surface area (Å²) in [4.78, 5) is 0. The standard InChI is InChI=1S/C10H8Cl4/c11-7-6(5-3-1-2-4-5)8(12)10(14)9(7)13/h3,7H,1-2,4H2. The van der Waals surface area contributed by atoms with Crippen LogP contribution in [0.15, 0.2) is 32.3 Å². The number of hydrogen-bond acceptors (Lipinski definition) is 0. The van der Waals surface area contributed by atoms with Crippen molar-refractivity contribution in [3.63, 3.8) is 0 Å². The highest BCUT2D eigenvalue weighted by Gasteiger charge is 2.32. The zero-order valence-corrected chi connectivity index (χ0v) is 10.3. The molecule has 14 heavy (non-hydrogen) atoms. The third kappa shape index (κ3) is 1.63. The van der Waals surface area contributed by atoms with Gasteiger partial charge in [0.1, 0.15) is 0 Å². The molecule has 0 aromatic rings. The van der Waals surface area contributed by atoms with Gasteiger partial charge in [0.2, 0.25) is 0 Å². The van der Waals surface area contributed by atoms with E-state index >= 15 is 0 Å². The molecule has 0 bridgehead atoms. The average molecular weight is 270 g/mol. The highest BCUT2D eigenvalue weighted by Crippen LogP contribution is 2.46. The summed E-state index contributed by atoms with van der Waals surface area (Å²) < 4.78 is 0. The second kappa shape index (κ2) is 4.09. The van der Waals surface area contributed by atoms with E-state index in [0.717, 1.165) is 24.8 Å². The van der Waals surface area contributed by atoms with Gasteiger partial charge in [0, 0.05) is 0 Å². The van der Waals surface area contributed by atoms with Crippen LogP contribution >= 0.6 is 46.4 Å². The van der Waals surface area contributed by atoms with Crippen molar-refractivity contribution in [3.05, 3.63) is 32.3 Å². The molecule has 0 nitrogen and oxygen atoms in total. The largest absolute Gasteiger partial charge is 0.111 e. The quantitative estimate of drug-likeness (QED) is 0.594. The molecule has 0 N–H and O–H groups in total. The molecular weight excluding hydrogens is 262 g/mol. The summed E-state index contributed by atoms with van der Waals surface area (Å²) in [5.41, 5.74) is 2.10. The van der Waals surface area contributed by atoms with Gasteiger partial charge in [-0.15, -0.1) is 11.6 Å². The lowest BCUT2D eigenvalue weighted by atomic mass is 10.0. The van der Waals surface area contributed by atoms with Crippen LogP contribution in [0.1, 0.15) is 19.3 Å². The molecule has 0 radical (unpaired) electrons. The van der Waals surface area contributed by atoms with Gasteiger partial charge in [0.05, 0.1) is 20.5 Å². The van der Waals surface area contributed by atoms with Crippen LogP contribution in [0.5, 0.6) is 0 Å². The van der Waals surface area contributed by atoms with Gasteiger partial charge in [0.25, 0.3) is 0 Å². The van der Waals surface area contributed by atoms with Gasteiger partial charge >= 0.3 is 0 Å². The maximum absolute atomic E-state index is 6.14. The molecule has 0 fully saturated rings. The predicted molar refractivity (Wildman–Crippen MR) is 63.2 cm³/mol. The lowest BCUT2D eigenvalue weighted by Gasteiger charge is -2.09. The van der Waals surface area contributed by atoms with Crippen LogP contribution in [0.25, 0.3) is 0 Å². The fraction of sp³-hybridized carbons (Fsp3) is 0.400. The van der Waals surface area contributed by atoms with E-state index in [0.29, 0.717) is 15.1 Å². The molecule has 0 saturated carbocycles. The van der Waals surface area contributed by atoms with Gasteiger partial charge in [0.15, 0.2) is 0 Å².